The summed E-state index contributed by atoms with van der Waals surface area (Å²) in [6.07, 6.45) is 0. The van der Waals surface area contributed by atoms with Gasteiger partial charge in [0.05, 0.1) is 0 Å². The summed E-state index contributed by atoms with van der Waals surface area (Å²) < 4.78 is 0.976. The van der Waals surface area contributed by atoms with Crippen LogP contribution >= 0.6 is 27.5 Å². The zero-order valence-electron chi connectivity index (χ0n) is 10.1. The van der Waals surface area contributed by atoms with Gasteiger partial charge >= 0.3 is 0 Å². The molecule has 0 saturated carbocycles. The molecule has 0 atom stereocenters. The molecule has 0 amide bonds. The van der Waals surface area contributed by atoms with E-state index in [1.165, 1.54) is 0 Å². The number of hydrogen-bond donors (Lipinski definition) is 0. The third-order valence-corrected chi connectivity index (χ3v) is 3.59. The van der Waals surface area contributed by atoms with Gasteiger partial charge < -0.3 is 0 Å². The highest BCUT2D eigenvalue weighted by Crippen LogP contribution is 2.22. The minimum atomic E-state index is 0.0363. The van der Waals surface area contributed by atoms with Crippen molar-refractivity contribution in [3.05, 3.63) is 68.1 Å². The molecule has 0 aliphatic rings. The standard InChI is InChI=1S/C15H12BrClO/c1-9-7-11(16)3-5-13(9)15(18)14-6-4-12(17)8-10(14)2/h3-8H,1-2H3. The van der Waals surface area contributed by atoms with Gasteiger partial charge in [-0.1, -0.05) is 27.5 Å². The van der Waals surface area contributed by atoms with Crippen molar-refractivity contribution in [2.45, 2.75) is 13.8 Å². The molecule has 0 unspecified atom stereocenters. The Labute approximate surface area is 120 Å². The molecule has 0 fully saturated rings. The molecule has 3 heteroatoms. The maximum atomic E-state index is 12.5. The minimum absolute atomic E-state index is 0.0363. The normalized spacial score (nSPS) is 10.4. The van der Waals surface area contributed by atoms with Crippen LogP contribution in [0.25, 0.3) is 0 Å². The first kappa shape index (κ1) is 13.3. The molecule has 0 aliphatic heterocycles. The average molecular weight is 324 g/mol. The second-order valence-corrected chi connectivity index (χ2v) is 5.60. The third kappa shape index (κ3) is 2.65. The molecule has 0 radical (unpaired) electrons. The fourth-order valence-corrected chi connectivity index (χ4v) is 2.61. The molecular weight excluding hydrogens is 312 g/mol. The van der Waals surface area contributed by atoms with Gasteiger partial charge in [0.1, 0.15) is 0 Å². The summed E-state index contributed by atoms with van der Waals surface area (Å²) in [7, 11) is 0. The Hall–Kier alpha value is -1.12. The zero-order chi connectivity index (χ0) is 13.3. The molecule has 1 nitrogen and oxygen atoms in total. The van der Waals surface area contributed by atoms with Crippen molar-refractivity contribution in [3.8, 4) is 0 Å². The lowest BCUT2D eigenvalue weighted by Gasteiger charge is -2.08. The van der Waals surface area contributed by atoms with E-state index < -0.39 is 0 Å². The molecule has 18 heavy (non-hydrogen) atoms. The topological polar surface area (TPSA) is 17.1 Å². The van der Waals surface area contributed by atoms with Crippen LogP contribution < -0.4 is 0 Å². The number of ketones is 1. The van der Waals surface area contributed by atoms with Crippen molar-refractivity contribution in [1.82, 2.24) is 0 Å². The van der Waals surface area contributed by atoms with E-state index in [4.69, 9.17) is 11.6 Å². The third-order valence-electron chi connectivity index (χ3n) is 2.87. The maximum Gasteiger partial charge on any atom is 0.193 e. The molecular formula is C15H12BrClO. The number of hydrogen-bond acceptors (Lipinski definition) is 1. The quantitative estimate of drug-likeness (QED) is 0.715. The average Bonchev–Trinajstić information content (AvgIpc) is 2.28. The van der Waals surface area contributed by atoms with E-state index >= 15 is 0 Å². The van der Waals surface area contributed by atoms with Crippen LogP contribution in [0.4, 0.5) is 0 Å². The maximum absolute atomic E-state index is 12.5. The summed E-state index contributed by atoms with van der Waals surface area (Å²) in [5.41, 5.74) is 3.28. The van der Waals surface area contributed by atoms with Crippen molar-refractivity contribution in [2.24, 2.45) is 0 Å². The molecule has 0 spiro atoms. The van der Waals surface area contributed by atoms with Gasteiger partial charge in [-0.2, -0.15) is 0 Å². The van der Waals surface area contributed by atoms with Gasteiger partial charge in [0, 0.05) is 20.6 Å². The molecule has 0 heterocycles. The molecule has 0 saturated heterocycles. The molecule has 2 aromatic carbocycles. The first-order valence-electron chi connectivity index (χ1n) is 5.56. The highest BCUT2D eigenvalue weighted by molar-refractivity contribution is 9.10. The van der Waals surface area contributed by atoms with E-state index in [-0.39, 0.29) is 5.78 Å². The lowest BCUT2D eigenvalue weighted by molar-refractivity contribution is 0.103. The molecule has 2 rings (SSSR count). The predicted molar refractivity (Wildman–Crippen MR) is 78.5 cm³/mol. The Morgan fingerprint density at radius 1 is 1.00 bits per heavy atom. The van der Waals surface area contributed by atoms with Gasteiger partial charge in [0.15, 0.2) is 5.78 Å². The summed E-state index contributed by atoms with van der Waals surface area (Å²) in [6, 6.07) is 11.0. The van der Waals surface area contributed by atoms with Gasteiger partial charge in [0.2, 0.25) is 0 Å². The van der Waals surface area contributed by atoms with Crippen LogP contribution in [-0.2, 0) is 0 Å². The lowest BCUT2D eigenvalue weighted by atomic mass is 9.96. The summed E-state index contributed by atoms with van der Waals surface area (Å²) in [5, 5.41) is 0.650. The second kappa shape index (κ2) is 5.25. The predicted octanol–water partition coefficient (Wildman–Crippen LogP) is 4.95. The zero-order valence-corrected chi connectivity index (χ0v) is 12.5. The van der Waals surface area contributed by atoms with E-state index in [0.717, 1.165) is 21.2 Å². The first-order valence-corrected chi connectivity index (χ1v) is 6.73. The molecule has 0 aliphatic carbocycles. The molecule has 2 aromatic rings. The van der Waals surface area contributed by atoms with E-state index in [2.05, 4.69) is 15.9 Å². The number of benzene rings is 2. The second-order valence-electron chi connectivity index (χ2n) is 4.25. The smallest absolute Gasteiger partial charge is 0.193 e. The number of carbonyl (C=O) groups excluding carboxylic acids is 1. The Balaban J connectivity index is 2.48. The largest absolute Gasteiger partial charge is 0.289 e. The van der Waals surface area contributed by atoms with Crippen LogP contribution in [0.3, 0.4) is 0 Å². The van der Waals surface area contributed by atoms with Crippen molar-refractivity contribution in [2.75, 3.05) is 0 Å². The summed E-state index contributed by atoms with van der Waals surface area (Å²) in [6.45, 7) is 3.83. The molecule has 0 aromatic heterocycles. The van der Waals surface area contributed by atoms with Crippen LogP contribution in [0.1, 0.15) is 27.0 Å². The summed E-state index contributed by atoms with van der Waals surface area (Å²) >= 11 is 9.30. The van der Waals surface area contributed by atoms with Gasteiger partial charge in [-0.3, -0.25) is 4.79 Å². The van der Waals surface area contributed by atoms with Gasteiger partial charge in [-0.15, -0.1) is 0 Å². The van der Waals surface area contributed by atoms with Crippen LogP contribution in [0, 0.1) is 13.8 Å². The Bertz CT molecular complexity index is 566. The van der Waals surface area contributed by atoms with Gasteiger partial charge in [-0.05, 0) is 61.4 Å². The molecule has 0 bridgehead atoms. The number of halogens is 2. The molecule has 0 N–H and O–H groups in total. The number of carbonyl (C=O) groups is 1. The monoisotopic (exact) mass is 322 g/mol. The highest BCUT2D eigenvalue weighted by atomic mass is 79.9. The van der Waals surface area contributed by atoms with E-state index in [9.17, 15) is 4.79 Å². The fraction of sp³-hybridized carbons (Fsp3) is 0.133. The van der Waals surface area contributed by atoms with Crippen molar-refractivity contribution in [1.29, 1.82) is 0 Å². The van der Waals surface area contributed by atoms with Crippen LogP contribution in [0.5, 0.6) is 0 Å². The van der Waals surface area contributed by atoms with Crippen molar-refractivity contribution >= 4 is 33.3 Å². The SMILES string of the molecule is Cc1cc(Cl)ccc1C(=O)c1ccc(Br)cc1C. The fourth-order valence-electron chi connectivity index (χ4n) is 1.91. The summed E-state index contributed by atoms with van der Waals surface area (Å²) in [5.74, 6) is 0.0363. The van der Waals surface area contributed by atoms with Crippen LogP contribution in [0.15, 0.2) is 40.9 Å². The van der Waals surface area contributed by atoms with Crippen LogP contribution in [-0.4, -0.2) is 5.78 Å². The molecule has 92 valence electrons. The van der Waals surface area contributed by atoms with E-state index in [1.54, 1.807) is 12.1 Å². The number of aryl methyl sites for hydroxylation is 2. The summed E-state index contributed by atoms with van der Waals surface area (Å²) in [4.78, 5) is 12.5. The Morgan fingerprint density at radius 3 is 2.11 bits per heavy atom. The lowest BCUT2D eigenvalue weighted by Crippen LogP contribution is -2.05. The highest BCUT2D eigenvalue weighted by Gasteiger charge is 2.14. The van der Waals surface area contributed by atoms with Crippen molar-refractivity contribution < 1.29 is 4.79 Å². The number of rotatable bonds is 2. The van der Waals surface area contributed by atoms with E-state index in [1.807, 2.05) is 38.1 Å². The van der Waals surface area contributed by atoms with Crippen molar-refractivity contribution in [3.63, 3.8) is 0 Å². The van der Waals surface area contributed by atoms with Gasteiger partial charge in [0.25, 0.3) is 0 Å². The first-order chi connectivity index (χ1) is 8.49. The Morgan fingerprint density at radius 2 is 1.56 bits per heavy atom. The minimum Gasteiger partial charge on any atom is -0.289 e. The van der Waals surface area contributed by atoms with Gasteiger partial charge in [-0.25, -0.2) is 0 Å². The Kier molecular flexibility index (Phi) is 3.88. The van der Waals surface area contributed by atoms with Crippen LogP contribution in [0.2, 0.25) is 5.02 Å². The van der Waals surface area contributed by atoms with E-state index in [0.29, 0.717) is 10.6 Å².